The largest absolute Gasteiger partial charge is 0.354 e. The second-order valence-electron chi connectivity index (χ2n) is 15.1. The van der Waals surface area contributed by atoms with E-state index in [-0.39, 0.29) is 22.2 Å². The maximum absolute atomic E-state index is 4.96. The lowest BCUT2D eigenvalue weighted by Gasteiger charge is -2.46. The fourth-order valence-electron chi connectivity index (χ4n) is 7.50. The fraction of sp³-hybridized carbons (Fsp3) is 0.903. The van der Waals surface area contributed by atoms with Crippen LogP contribution < -0.4 is 26.2 Å². The predicted molar refractivity (Wildman–Crippen MR) is 167 cm³/mol. The average molecular weight is 545 g/mol. The highest BCUT2D eigenvalue weighted by Crippen LogP contribution is 2.34. The van der Waals surface area contributed by atoms with E-state index in [1.807, 2.05) is 0 Å². The van der Waals surface area contributed by atoms with Gasteiger partial charge >= 0.3 is 0 Å². The van der Waals surface area contributed by atoms with E-state index in [2.05, 4.69) is 95.4 Å². The lowest BCUT2D eigenvalue weighted by atomic mass is 9.76. The normalized spacial score (nSPS) is 22.4. The Morgan fingerprint density at radius 1 is 0.641 bits per heavy atom. The fourth-order valence-corrected chi connectivity index (χ4v) is 7.50. The van der Waals surface area contributed by atoms with Crippen molar-refractivity contribution < 1.29 is 0 Å². The van der Waals surface area contributed by atoms with Gasteiger partial charge in [0.1, 0.15) is 0 Å². The van der Waals surface area contributed by atoms with Crippen molar-refractivity contribution in [2.75, 3.05) is 41.7 Å². The number of rotatable bonds is 13. The number of hydrogen-bond donors (Lipinski definition) is 4. The van der Waals surface area contributed by atoms with Crippen LogP contribution >= 0.6 is 0 Å². The number of anilines is 3. The maximum Gasteiger partial charge on any atom is 0.231 e. The first-order chi connectivity index (χ1) is 18.1. The minimum Gasteiger partial charge on any atom is -0.354 e. The number of nitrogens with one attached hydrogen (secondary N) is 4. The van der Waals surface area contributed by atoms with Crippen molar-refractivity contribution in [2.45, 2.75) is 143 Å². The van der Waals surface area contributed by atoms with Gasteiger partial charge in [-0.2, -0.15) is 15.0 Å². The first kappa shape index (κ1) is 31.9. The van der Waals surface area contributed by atoms with Crippen LogP contribution in [-0.4, -0.2) is 63.3 Å². The van der Waals surface area contributed by atoms with E-state index in [0.717, 1.165) is 83.5 Å². The van der Waals surface area contributed by atoms with E-state index in [4.69, 9.17) is 15.0 Å². The highest BCUT2D eigenvalue weighted by molar-refractivity contribution is 5.44. The van der Waals surface area contributed by atoms with Crippen molar-refractivity contribution >= 4 is 17.8 Å². The van der Waals surface area contributed by atoms with Crippen molar-refractivity contribution in [2.24, 2.45) is 11.8 Å². The molecule has 8 nitrogen and oxygen atoms in total. The molecule has 1 aromatic rings. The van der Waals surface area contributed by atoms with Gasteiger partial charge in [0, 0.05) is 48.3 Å². The van der Waals surface area contributed by atoms with Gasteiger partial charge in [0.25, 0.3) is 0 Å². The summed E-state index contributed by atoms with van der Waals surface area (Å²) in [6.45, 7) is 26.7. The molecule has 0 radical (unpaired) electrons. The highest BCUT2D eigenvalue weighted by atomic mass is 15.3. The van der Waals surface area contributed by atoms with Gasteiger partial charge in [-0.15, -0.1) is 0 Å². The Labute approximate surface area is 239 Å². The number of hydrogen-bond acceptors (Lipinski definition) is 8. The van der Waals surface area contributed by atoms with Crippen molar-refractivity contribution in [3.8, 4) is 0 Å². The molecule has 2 aliphatic heterocycles. The SMILES string of the molecule is CCCCN(CCCC)c1nc(NCC2CC(C)(C)NC(C)(C)C2)nc(NCC2CC(C)(C)NC(C)(C)C2)n1. The summed E-state index contributed by atoms with van der Waals surface area (Å²) in [4.78, 5) is 17.2. The summed E-state index contributed by atoms with van der Waals surface area (Å²) in [6, 6.07) is 0. The molecule has 39 heavy (non-hydrogen) atoms. The molecule has 0 amide bonds. The summed E-state index contributed by atoms with van der Waals surface area (Å²) in [7, 11) is 0. The Balaban J connectivity index is 1.79. The summed E-state index contributed by atoms with van der Waals surface area (Å²) < 4.78 is 0. The van der Waals surface area contributed by atoms with Gasteiger partial charge in [0.2, 0.25) is 17.8 Å². The Morgan fingerprint density at radius 3 is 1.33 bits per heavy atom. The Kier molecular flexibility index (Phi) is 10.5. The molecular formula is C31H60N8. The van der Waals surface area contributed by atoms with Crippen molar-refractivity contribution in [3.05, 3.63) is 0 Å². The summed E-state index contributed by atoms with van der Waals surface area (Å²) in [5.41, 5.74) is 0.494. The van der Waals surface area contributed by atoms with Gasteiger partial charge in [0.05, 0.1) is 0 Å². The van der Waals surface area contributed by atoms with Crippen LogP contribution in [0.1, 0.15) is 121 Å². The minimum absolute atomic E-state index is 0.124. The molecule has 224 valence electrons. The lowest BCUT2D eigenvalue weighted by Crippen LogP contribution is -2.58. The molecule has 0 saturated carbocycles. The molecule has 4 N–H and O–H groups in total. The molecule has 3 heterocycles. The molecule has 0 spiro atoms. The monoisotopic (exact) mass is 544 g/mol. The predicted octanol–water partition coefficient (Wildman–Crippen LogP) is 6.22. The number of unbranched alkanes of at least 4 members (excludes halogenated alkanes) is 2. The van der Waals surface area contributed by atoms with Gasteiger partial charge in [-0.1, -0.05) is 26.7 Å². The highest BCUT2D eigenvalue weighted by Gasteiger charge is 2.38. The Morgan fingerprint density at radius 2 is 1.00 bits per heavy atom. The van der Waals surface area contributed by atoms with E-state index >= 15 is 0 Å². The quantitative estimate of drug-likeness (QED) is 0.233. The van der Waals surface area contributed by atoms with E-state index in [0.29, 0.717) is 23.7 Å². The summed E-state index contributed by atoms with van der Waals surface area (Å²) >= 11 is 0. The Bertz CT molecular complexity index is 810. The van der Waals surface area contributed by atoms with Gasteiger partial charge in [0.15, 0.2) is 0 Å². The van der Waals surface area contributed by atoms with Gasteiger partial charge in [-0.05, 0) is 106 Å². The molecule has 1 aromatic heterocycles. The zero-order chi connectivity index (χ0) is 28.9. The molecule has 3 rings (SSSR count). The molecule has 8 heteroatoms. The van der Waals surface area contributed by atoms with E-state index in [9.17, 15) is 0 Å². The zero-order valence-electron chi connectivity index (χ0n) is 26.9. The van der Waals surface area contributed by atoms with E-state index < -0.39 is 0 Å². The molecule has 0 unspecified atom stereocenters. The third-order valence-electron chi connectivity index (χ3n) is 8.12. The van der Waals surface area contributed by atoms with Crippen LogP contribution in [0.5, 0.6) is 0 Å². The summed E-state index contributed by atoms with van der Waals surface area (Å²) in [5.74, 6) is 3.31. The number of nitrogens with zero attached hydrogens (tertiary/aromatic N) is 4. The smallest absolute Gasteiger partial charge is 0.231 e. The van der Waals surface area contributed by atoms with Gasteiger partial charge < -0.3 is 26.2 Å². The average Bonchev–Trinajstić information content (AvgIpc) is 2.77. The number of aromatic nitrogens is 3. The van der Waals surface area contributed by atoms with Crippen molar-refractivity contribution in [1.29, 1.82) is 0 Å². The van der Waals surface area contributed by atoms with Crippen molar-refractivity contribution in [3.63, 3.8) is 0 Å². The third kappa shape index (κ3) is 10.3. The van der Waals surface area contributed by atoms with Crippen LogP contribution in [0, 0.1) is 11.8 Å². The lowest BCUT2D eigenvalue weighted by molar-refractivity contribution is 0.134. The second kappa shape index (κ2) is 12.9. The molecule has 0 aromatic carbocycles. The first-order valence-corrected chi connectivity index (χ1v) is 15.7. The third-order valence-corrected chi connectivity index (χ3v) is 8.12. The van der Waals surface area contributed by atoms with Gasteiger partial charge in [-0.3, -0.25) is 0 Å². The molecule has 2 fully saturated rings. The van der Waals surface area contributed by atoms with E-state index in [1.165, 1.54) is 0 Å². The second-order valence-corrected chi connectivity index (χ2v) is 15.1. The molecule has 2 aliphatic rings. The molecule has 0 aliphatic carbocycles. The number of piperidine rings is 2. The topological polar surface area (TPSA) is 90.0 Å². The van der Waals surface area contributed by atoms with Crippen LogP contribution in [0.25, 0.3) is 0 Å². The molecule has 0 bridgehead atoms. The van der Waals surface area contributed by atoms with Crippen LogP contribution in [0.3, 0.4) is 0 Å². The first-order valence-electron chi connectivity index (χ1n) is 15.7. The standard InChI is InChI=1S/C31H60N8/c1-11-13-15-39(16-14-12-2)27-35-25(32-21-23-17-28(3,4)37-29(5,6)18-23)34-26(36-27)33-22-24-19-30(7,8)38-31(9,10)20-24/h23-24,37-38H,11-22H2,1-10H3,(H2,32,33,34,35,36). The van der Waals surface area contributed by atoms with Crippen LogP contribution in [0.2, 0.25) is 0 Å². The van der Waals surface area contributed by atoms with Gasteiger partial charge in [-0.25, -0.2) is 0 Å². The molecule has 0 atom stereocenters. The van der Waals surface area contributed by atoms with Crippen LogP contribution in [0.4, 0.5) is 17.8 Å². The summed E-state index contributed by atoms with van der Waals surface area (Å²) in [5, 5.41) is 14.9. The maximum atomic E-state index is 4.96. The molecular weight excluding hydrogens is 484 g/mol. The Hall–Kier alpha value is -1.67. The summed E-state index contributed by atoms with van der Waals surface area (Å²) in [6.07, 6.45) is 9.12. The van der Waals surface area contributed by atoms with Crippen LogP contribution in [-0.2, 0) is 0 Å². The zero-order valence-corrected chi connectivity index (χ0v) is 26.9. The minimum atomic E-state index is 0.124. The van der Waals surface area contributed by atoms with E-state index in [1.54, 1.807) is 0 Å². The van der Waals surface area contributed by atoms with Crippen molar-refractivity contribution in [1.82, 2.24) is 25.6 Å². The van der Waals surface area contributed by atoms with Crippen LogP contribution in [0.15, 0.2) is 0 Å². The molecule has 2 saturated heterocycles.